The molecule has 8 nitrogen and oxygen atoms in total. The van der Waals surface area contributed by atoms with Gasteiger partial charge >= 0.3 is 0 Å². The second kappa shape index (κ2) is 11.0. The molecule has 0 aliphatic carbocycles. The van der Waals surface area contributed by atoms with Gasteiger partial charge in [-0.15, -0.1) is 0 Å². The summed E-state index contributed by atoms with van der Waals surface area (Å²) in [5, 5.41) is 3.88. The van der Waals surface area contributed by atoms with Crippen molar-refractivity contribution in [3.05, 3.63) is 71.5 Å². The number of hydrogen-bond acceptors (Lipinski definition) is 5. The van der Waals surface area contributed by atoms with E-state index < -0.39 is 12.0 Å². The van der Waals surface area contributed by atoms with Gasteiger partial charge in [0.1, 0.15) is 18.1 Å². The van der Waals surface area contributed by atoms with Crippen LogP contribution in [0.25, 0.3) is 0 Å². The minimum atomic E-state index is -0.465. The average molecular weight is 467 g/mol. The van der Waals surface area contributed by atoms with E-state index in [1.165, 1.54) is 17.0 Å². The molecule has 34 heavy (non-hydrogen) atoms. The van der Waals surface area contributed by atoms with E-state index in [-0.39, 0.29) is 55.9 Å². The van der Waals surface area contributed by atoms with Crippen LogP contribution in [0.5, 0.6) is 0 Å². The number of hydrogen-bond donors (Lipinski definition) is 1. The summed E-state index contributed by atoms with van der Waals surface area (Å²) >= 11 is 0. The fourth-order valence-electron chi connectivity index (χ4n) is 4.02. The van der Waals surface area contributed by atoms with E-state index in [0.717, 1.165) is 5.56 Å². The minimum Gasteiger partial charge on any atom is -0.370 e. The third-order valence-corrected chi connectivity index (χ3v) is 5.85. The summed E-state index contributed by atoms with van der Waals surface area (Å²) in [4.78, 5) is 40.7. The summed E-state index contributed by atoms with van der Waals surface area (Å²) in [5.74, 6) is -1.16. The maximum atomic E-state index is 13.6. The summed E-state index contributed by atoms with van der Waals surface area (Å²) in [5.41, 5.74) is 4.32. The zero-order valence-corrected chi connectivity index (χ0v) is 18.8. The van der Waals surface area contributed by atoms with E-state index in [2.05, 4.69) is 10.5 Å². The van der Waals surface area contributed by atoms with Crippen molar-refractivity contribution in [3.8, 4) is 0 Å². The lowest BCUT2D eigenvalue weighted by Crippen LogP contribution is -2.45. The Morgan fingerprint density at radius 3 is 2.59 bits per heavy atom. The topological polar surface area (TPSA) is 91.3 Å². The molecule has 0 aromatic heterocycles. The molecule has 2 aliphatic heterocycles. The molecular formula is C25H27FN4O4. The molecule has 0 unspecified atom stereocenters. The summed E-state index contributed by atoms with van der Waals surface area (Å²) < 4.78 is 19.6. The molecule has 178 valence electrons. The fourth-order valence-corrected chi connectivity index (χ4v) is 4.02. The Kier molecular flexibility index (Phi) is 7.64. The van der Waals surface area contributed by atoms with Gasteiger partial charge in [-0.1, -0.05) is 42.5 Å². The van der Waals surface area contributed by atoms with E-state index in [1.54, 1.807) is 17.0 Å². The normalized spacial score (nSPS) is 18.9. The lowest BCUT2D eigenvalue weighted by molar-refractivity contribution is -0.135. The molecule has 0 bridgehead atoms. The maximum Gasteiger partial charge on any atom is 0.270 e. The average Bonchev–Trinajstić information content (AvgIpc) is 3.00. The molecule has 2 aromatic rings. The van der Waals surface area contributed by atoms with Crippen LogP contribution in [0, 0.1) is 5.82 Å². The summed E-state index contributed by atoms with van der Waals surface area (Å²) in [7, 11) is 0. The predicted molar refractivity (Wildman–Crippen MR) is 123 cm³/mol. The van der Waals surface area contributed by atoms with Crippen molar-refractivity contribution in [3.63, 3.8) is 0 Å². The van der Waals surface area contributed by atoms with Gasteiger partial charge in [0, 0.05) is 32.5 Å². The van der Waals surface area contributed by atoms with Crippen molar-refractivity contribution >= 4 is 23.4 Å². The monoisotopic (exact) mass is 466 g/mol. The molecule has 3 amide bonds. The first-order valence-electron chi connectivity index (χ1n) is 11.3. The molecule has 0 spiro atoms. The number of carbonyl (C=O) groups is 3. The highest BCUT2D eigenvalue weighted by molar-refractivity contribution is 6.39. The van der Waals surface area contributed by atoms with Crippen LogP contribution in [0.1, 0.15) is 24.0 Å². The second-order valence-corrected chi connectivity index (χ2v) is 8.42. The van der Waals surface area contributed by atoms with Gasteiger partial charge in [0.15, 0.2) is 0 Å². The van der Waals surface area contributed by atoms with Crippen molar-refractivity contribution in [2.24, 2.45) is 5.10 Å². The highest BCUT2D eigenvalue weighted by atomic mass is 19.1. The Bertz CT molecular complexity index is 1080. The first kappa shape index (κ1) is 23.6. The molecular weight excluding hydrogens is 439 g/mol. The standard InChI is InChI=1S/C25H27FN4O4/c26-20-8-4-7-19(13-20)17-34-21-14-29(12-11-18-5-2-1-3-6-18)24(32)16-30(15-21)25(33)22-9-10-23(31)28-27-22/h1-8,13,21H,9-12,14-17H2,(H,28,31)/t21-/m0/s1. The van der Waals surface area contributed by atoms with Crippen LogP contribution in [-0.4, -0.2) is 65.5 Å². The van der Waals surface area contributed by atoms with Crippen LogP contribution >= 0.6 is 0 Å². The van der Waals surface area contributed by atoms with Gasteiger partial charge in [-0.05, 0) is 29.7 Å². The largest absolute Gasteiger partial charge is 0.370 e. The van der Waals surface area contributed by atoms with E-state index in [0.29, 0.717) is 25.1 Å². The lowest BCUT2D eigenvalue weighted by Gasteiger charge is -2.25. The van der Waals surface area contributed by atoms with Gasteiger partial charge in [0.05, 0.1) is 12.7 Å². The van der Waals surface area contributed by atoms with Crippen LogP contribution in [-0.2, 0) is 32.1 Å². The molecule has 2 heterocycles. The maximum absolute atomic E-state index is 13.6. The molecule has 0 radical (unpaired) electrons. The molecule has 0 saturated carbocycles. The molecule has 9 heteroatoms. The van der Waals surface area contributed by atoms with Gasteiger partial charge in [-0.2, -0.15) is 5.10 Å². The van der Waals surface area contributed by atoms with Crippen LogP contribution in [0.2, 0.25) is 0 Å². The molecule has 4 rings (SSSR count). The number of benzene rings is 2. The van der Waals surface area contributed by atoms with Crippen molar-refractivity contribution in [1.82, 2.24) is 15.2 Å². The van der Waals surface area contributed by atoms with Crippen molar-refractivity contribution < 1.29 is 23.5 Å². The predicted octanol–water partition coefficient (Wildman–Crippen LogP) is 1.89. The number of ether oxygens (including phenoxy) is 1. The third kappa shape index (κ3) is 6.26. The zero-order valence-electron chi connectivity index (χ0n) is 18.8. The second-order valence-electron chi connectivity index (χ2n) is 8.42. The van der Waals surface area contributed by atoms with Crippen LogP contribution in [0.4, 0.5) is 4.39 Å². The Hall–Kier alpha value is -3.59. The highest BCUT2D eigenvalue weighted by Gasteiger charge is 2.33. The van der Waals surface area contributed by atoms with Gasteiger partial charge in [-0.3, -0.25) is 14.4 Å². The van der Waals surface area contributed by atoms with Crippen LogP contribution in [0.15, 0.2) is 59.7 Å². The first-order chi connectivity index (χ1) is 16.5. The van der Waals surface area contributed by atoms with Crippen molar-refractivity contribution in [2.45, 2.75) is 32.0 Å². The highest BCUT2D eigenvalue weighted by Crippen LogP contribution is 2.15. The SMILES string of the molecule is O=C1CCC(C(=O)N2CC(=O)N(CCc3ccccc3)C[C@H](OCc3cccc(F)c3)C2)=NN1. The Morgan fingerprint density at radius 2 is 1.85 bits per heavy atom. The zero-order chi connectivity index (χ0) is 23.9. The number of hydrazone groups is 1. The van der Waals surface area contributed by atoms with Crippen LogP contribution < -0.4 is 5.43 Å². The smallest absolute Gasteiger partial charge is 0.270 e. The van der Waals surface area contributed by atoms with Gasteiger partial charge < -0.3 is 14.5 Å². The van der Waals surface area contributed by atoms with E-state index in [4.69, 9.17) is 4.74 Å². The number of rotatable bonds is 7. The Balaban J connectivity index is 1.48. The van der Waals surface area contributed by atoms with Crippen LogP contribution in [0.3, 0.4) is 0 Å². The quantitative estimate of drug-likeness (QED) is 0.675. The van der Waals surface area contributed by atoms with Gasteiger partial charge in [-0.25, -0.2) is 9.82 Å². The first-order valence-corrected chi connectivity index (χ1v) is 11.3. The molecule has 1 saturated heterocycles. The number of halogens is 1. The van der Waals surface area contributed by atoms with E-state index in [9.17, 15) is 18.8 Å². The van der Waals surface area contributed by atoms with Gasteiger partial charge in [0.2, 0.25) is 11.8 Å². The third-order valence-electron chi connectivity index (χ3n) is 5.85. The number of carbonyl (C=O) groups excluding carboxylic acids is 3. The van der Waals surface area contributed by atoms with Gasteiger partial charge in [0.25, 0.3) is 5.91 Å². The molecule has 1 fully saturated rings. The fraction of sp³-hybridized carbons (Fsp3) is 0.360. The number of nitrogens with one attached hydrogen (secondary N) is 1. The minimum absolute atomic E-state index is 0.0968. The van der Waals surface area contributed by atoms with E-state index >= 15 is 0 Å². The number of nitrogens with zero attached hydrogens (tertiary/aromatic N) is 3. The van der Waals surface area contributed by atoms with Crippen molar-refractivity contribution in [1.29, 1.82) is 0 Å². The van der Waals surface area contributed by atoms with Crippen molar-refractivity contribution in [2.75, 3.05) is 26.2 Å². The lowest BCUT2D eigenvalue weighted by atomic mass is 10.1. The molecule has 1 N–H and O–H groups in total. The molecule has 1 atom stereocenters. The molecule has 2 aliphatic rings. The molecule has 2 aromatic carbocycles. The summed E-state index contributed by atoms with van der Waals surface area (Å²) in [6.45, 7) is 1.05. The Morgan fingerprint density at radius 1 is 1.06 bits per heavy atom. The Labute approximate surface area is 197 Å². The number of amides is 3. The summed E-state index contributed by atoms with van der Waals surface area (Å²) in [6.07, 6.45) is 0.612. The van der Waals surface area contributed by atoms with E-state index in [1.807, 2.05) is 30.3 Å². The summed E-state index contributed by atoms with van der Waals surface area (Å²) in [6, 6.07) is 16.0.